The molecule has 0 unspecified atom stereocenters. The van der Waals surface area contributed by atoms with Gasteiger partial charge >= 0.3 is 0 Å². The van der Waals surface area contributed by atoms with Crippen LogP contribution < -0.4 is 16.0 Å². The Labute approximate surface area is 136 Å². The molecule has 23 heavy (non-hydrogen) atoms. The number of nitrogens with zero attached hydrogens (tertiary/aromatic N) is 3. The summed E-state index contributed by atoms with van der Waals surface area (Å²) in [5.74, 6) is 1.60. The molecule has 4 rings (SSSR count). The minimum absolute atomic E-state index is 0.622. The lowest BCUT2D eigenvalue weighted by molar-refractivity contribution is 0.902. The van der Waals surface area contributed by atoms with Crippen LogP contribution in [0, 0.1) is 6.92 Å². The lowest BCUT2D eigenvalue weighted by Crippen LogP contribution is -2.33. The standard InChI is InChI=1S/C18H21N5/c1-11-16(4-3-9-21-11)23-10-14(19)17(20-2)13-7-8-15(12-5-6-12)22-18(13)23/h3-4,7-9,12,20H,5-6,10,19H2,1-2H3. The molecule has 5 nitrogen and oxygen atoms in total. The molecule has 0 radical (unpaired) electrons. The second-order valence-electron chi connectivity index (χ2n) is 6.23. The van der Waals surface area contributed by atoms with Crippen LogP contribution in [0.5, 0.6) is 0 Å². The summed E-state index contributed by atoms with van der Waals surface area (Å²) in [6, 6.07) is 8.32. The first-order valence-electron chi connectivity index (χ1n) is 8.06. The van der Waals surface area contributed by atoms with Gasteiger partial charge in [-0.3, -0.25) is 4.98 Å². The van der Waals surface area contributed by atoms with Gasteiger partial charge < -0.3 is 16.0 Å². The zero-order chi connectivity index (χ0) is 16.0. The van der Waals surface area contributed by atoms with Gasteiger partial charge in [0.25, 0.3) is 0 Å². The van der Waals surface area contributed by atoms with Crippen molar-refractivity contribution in [2.24, 2.45) is 5.73 Å². The predicted molar refractivity (Wildman–Crippen MR) is 92.4 cm³/mol. The van der Waals surface area contributed by atoms with Crippen LogP contribution in [0.4, 0.5) is 11.5 Å². The quantitative estimate of drug-likeness (QED) is 0.912. The van der Waals surface area contributed by atoms with Crippen molar-refractivity contribution >= 4 is 17.2 Å². The molecule has 2 aromatic rings. The molecule has 1 aliphatic heterocycles. The summed E-state index contributed by atoms with van der Waals surface area (Å²) in [5.41, 5.74) is 12.4. The summed E-state index contributed by atoms with van der Waals surface area (Å²) >= 11 is 0. The van der Waals surface area contributed by atoms with Crippen LogP contribution >= 0.6 is 0 Å². The first kappa shape index (κ1) is 14.1. The number of hydrogen-bond donors (Lipinski definition) is 2. The van der Waals surface area contributed by atoms with Crippen molar-refractivity contribution in [2.45, 2.75) is 25.7 Å². The van der Waals surface area contributed by atoms with E-state index in [1.807, 2.05) is 26.2 Å². The molecular formula is C18H21N5. The second kappa shape index (κ2) is 5.26. The molecule has 0 amide bonds. The average molecular weight is 307 g/mol. The largest absolute Gasteiger partial charge is 0.399 e. The Morgan fingerprint density at radius 1 is 1.26 bits per heavy atom. The van der Waals surface area contributed by atoms with E-state index in [2.05, 4.69) is 33.4 Å². The third-order valence-electron chi connectivity index (χ3n) is 4.59. The van der Waals surface area contributed by atoms with Gasteiger partial charge in [-0.1, -0.05) is 0 Å². The Morgan fingerprint density at radius 2 is 2.09 bits per heavy atom. The SMILES string of the molecule is CNC1=C(N)CN(c2cccnc2C)c2nc(C3CC3)ccc21. The van der Waals surface area contributed by atoms with Crippen LogP contribution in [0.2, 0.25) is 0 Å². The minimum atomic E-state index is 0.622. The molecule has 118 valence electrons. The Bertz CT molecular complexity index is 792. The van der Waals surface area contributed by atoms with Crippen molar-refractivity contribution in [1.82, 2.24) is 15.3 Å². The molecular weight excluding hydrogens is 286 g/mol. The van der Waals surface area contributed by atoms with Crippen molar-refractivity contribution < 1.29 is 0 Å². The van der Waals surface area contributed by atoms with E-state index in [1.54, 1.807) is 0 Å². The van der Waals surface area contributed by atoms with Crippen LogP contribution in [0.3, 0.4) is 0 Å². The molecule has 0 aromatic carbocycles. The maximum atomic E-state index is 6.32. The fourth-order valence-electron chi connectivity index (χ4n) is 3.22. The molecule has 2 aliphatic rings. The zero-order valence-electron chi connectivity index (χ0n) is 13.5. The number of rotatable bonds is 3. The lowest BCUT2D eigenvalue weighted by atomic mass is 10.0. The van der Waals surface area contributed by atoms with E-state index in [0.29, 0.717) is 12.5 Å². The first-order chi connectivity index (χ1) is 11.2. The minimum Gasteiger partial charge on any atom is -0.399 e. The number of aromatic nitrogens is 2. The van der Waals surface area contributed by atoms with Crippen LogP contribution in [-0.4, -0.2) is 23.6 Å². The topological polar surface area (TPSA) is 67.1 Å². The Kier molecular flexibility index (Phi) is 3.22. The summed E-state index contributed by atoms with van der Waals surface area (Å²) in [7, 11) is 1.91. The molecule has 3 heterocycles. The van der Waals surface area contributed by atoms with Gasteiger partial charge in [-0.05, 0) is 44.0 Å². The van der Waals surface area contributed by atoms with Crippen molar-refractivity contribution in [1.29, 1.82) is 0 Å². The average Bonchev–Trinajstić information content (AvgIpc) is 3.39. The molecule has 0 bridgehead atoms. The molecule has 3 N–H and O–H groups in total. The monoisotopic (exact) mass is 307 g/mol. The van der Waals surface area contributed by atoms with Crippen molar-refractivity contribution in [3.8, 4) is 0 Å². The first-order valence-corrected chi connectivity index (χ1v) is 8.06. The molecule has 5 heteroatoms. The smallest absolute Gasteiger partial charge is 0.143 e. The number of fused-ring (bicyclic) bond motifs is 1. The Morgan fingerprint density at radius 3 is 2.78 bits per heavy atom. The maximum Gasteiger partial charge on any atom is 0.143 e. The van der Waals surface area contributed by atoms with Gasteiger partial charge in [-0.2, -0.15) is 0 Å². The number of anilines is 2. The van der Waals surface area contributed by atoms with Gasteiger partial charge in [-0.15, -0.1) is 0 Å². The lowest BCUT2D eigenvalue weighted by Gasteiger charge is -2.33. The zero-order valence-corrected chi connectivity index (χ0v) is 13.5. The highest BCUT2D eigenvalue weighted by molar-refractivity contribution is 5.83. The van der Waals surface area contributed by atoms with Crippen LogP contribution in [-0.2, 0) is 0 Å². The summed E-state index contributed by atoms with van der Waals surface area (Å²) in [5, 5.41) is 3.23. The van der Waals surface area contributed by atoms with Crippen LogP contribution in [0.15, 0.2) is 36.2 Å². The highest BCUT2D eigenvalue weighted by Crippen LogP contribution is 2.42. The van der Waals surface area contributed by atoms with Crippen LogP contribution in [0.1, 0.15) is 35.7 Å². The maximum absolute atomic E-state index is 6.32. The van der Waals surface area contributed by atoms with Crippen molar-refractivity contribution in [3.63, 3.8) is 0 Å². The van der Waals surface area contributed by atoms with Crippen LogP contribution in [0.25, 0.3) is 5.70 Å². The van der Waals surface area contributed by atoms with E-state index in [1.165, 1.54) is 18.5 Å². The molecule has 2 aromatic heterocycles. The third-order valence-corrected chi connectivity index (χ3v) is 4.59. The van der Waals surface area contributed by atoms with E-state index < -0.39 is 0 Å². The van der Waals surface area contributed by atoms with Gasteiger partial charge in [-0.25, -0.2) is 4.98 Å². The van der Waals surface area contributed by atoms with Gasteiger partial charge in [0.1, 0.15) is 5.82 Å². The van der Waals surface area contributed by atoms with Gasteiger partial charge in [0, 0.05) is 30.4 Å². The van der Waals surface area contributed by atoms with Crippen molar-refractivity contribution in [2.75, 3.05) is 18.5 Å². The molecule has 1 saturated carbocycles. The van der Waals surface area contributed by atoms with E-state index >= 15 is 0 Å². The fraction of sp³-hybridized carbons (Fsp3) is 0.333. The summed E-state index contributed by atoms with van der Waals surface area (Å²) in [6.45, 7) is 2.64. The second-order valence-corrected chi connectivity index (χ2v) is 6.23. The number of nitrogens with one attached hydrogen (secondary N) is 1. The van der Waals surface area contributed by atoms with E-state index in [-0.39, 0.29) is 0 Å². The summed E-state index contributed by atoms with van der Waals surface area (Å²) in [4.78, 5) is 11.6. The molecule has 0 spiro atoms. The number of nitrogens with two attached hydrogens (primary N) is 1. The number of pyridine rings is 2. The van der Waals surface area contributed by atoms with Gasteiger partial charge in [0.15, 0.2) is 0 Å². The van der Waals surface area contributed by atoms with Gasteiger partial charge in [0.05, 0.1) is 29.3 Å². The third kappa shape index (κ3) is 2.32. The summed E-state index contributed by atoms with van der Waals surface area (Å²) < 4.78 is 0. The molecule has 1 aliphatic carbocycles. The highest BCUT2D eigenvalue weighted by atomic mass is 15.2. The number of aryl methyl sites for hydroxylation is 1. The number of hydrogen-bond acceptors (Lipinski definition) is 5. The van der Waals surface area contributed by atoms with E-state index in [4.69, 9.17) is 10.7 Å². The van der Waals surface area contributed by atoms with E-state index in [9.17, 15) is 0 Å². The Hall–Kier alpha value is -2.56. The van der Waals surface area contributed by atoms with Gasteiger partial charge in [0.2, 0.25) is 0 Å². The van der Waals surface area contributed by atoms with E-state index in [0.717, 1.165) is 34.2 Å². The fourth-order valence-corrected chi connectivity index (χ4v) is 3.22. The molecule has 0 saturated heterocycles. The van der Waals surface area contributed by atoms with Crippen molar-refractivity contribution in [3.05, 3.63) is 53.1 Å². The summed E-state index contributed by atoms with van der Waals surface area (Å²) in [6.07, 6.45) is 4.30. The molecule has 1 fully saturated rings. The normalized spacial score (nSPS) is 17.2. The highest BCUT2D eigenvalue weighted by Gasteiger charge is 2.30. The Balaban J connectivity index is 1.89. The molecule has 0 atom stereocenters. The predicted octanol–water partition coefficient (Wildman–Crippen LogP) is 2.66.